The Bertz CT molecular complexity index is 449. The van der Waals surface area contributed by atoms with E-state index < -0.39 is 35.1 Å². The van der Waals surface area contributed by atoms with Crippen LogP contribution in [0.5, 0.6) is 5.88 Å². The van der Waals surface area contributed by atoms with E-state index in [2.05, 4.69) is 9.72 Å². The quantitative estimate of drug-likeness (QED) is 0.610. The molecule has 94 valence electrons. The third-order valence-electron chi connectivity index (χ3n) is 1.67. The standard InChI is InChI=1S/C7H7F3N4O3/c8-7(9,10)17-6-3(12)1-5(14(15)16)4(2-11)13-6/h1H,2,11-12H2. The highest BCUT2D eigenvalue weighted by Gasteiger charge is 2.33. The van der Waals surface area contributed by atoms with Crippen molar-refractivity contribution in [3.8, 4) is 5.88 Å². The molecule has 0 aliphatic rings. The van der Waals surface area contributed by atoms with Crippen molar-refractivity contribution in [2.24, 2.45) is 5.73 Å². The van der Waals surface area contributed by atoms with Crippen LogP contribution < -0.4 is 16.2 Å². The zero-order valence-electron chi connectivity index (χ0n) is 8.19. The van der Waals surface area contributed by atoms with Gasteiger partial charge in [0.1, 0.15) is 11.4 Å². The molecule has 1 heterocycles. The third kappa shape index (κ3) is 3.17. The number of nitrogens with zero attached hydrogens (tertiary/aromatic N) is 2. The minimum atomic E-state index is -4.98. The van der Waals surface area contributed by atoms with Gasteiger partial charge in [0.25, 0.3) is 5.69 Å². The molecule has 4 N–H and O–H groups in total. The maximum atomic E-state index is 11.9. The van der Waals surface area contributed by atoms with Gasteiger partial charge in [0.15, 0.2) is 0 Å². The van der Waals surface area contributed by atoms with Crippen LogP contribution in [0.1, 0.15) is 5.69 Å². The Hall–Kier alpha value is -2.10. The molecule has 1 aromatic rings. The summed E-state index contributed by atoms with van der Waals surface area (Å²) in [5.74, 6) is -0.955. The molecule has 0 aromatic carbocycles. The molecule has 10 heteroatoms. The van der Waals surface area contributed by atoms with E-state index in [-0.39, 0.29) is 5.69 Å². The topological polar surface area (TPSA) is 117 Å². The molecule has 17 heavy (non-hydrogen) atoms. The second kappa shape index (κ2) is 4.41. The normalized spacial score (nSPS) is 11.3. The average Bonchev–Trinajstić information content (AvgIpc) is 2.18. The SMILES string of the molecule is NCc1nc(OC(F)(F)F)c(N)cc1[N+](=O)[O-]. The number of nitrogens with two attached hydrogens (primary N) is 2. The van der Waals surface area contributed by atoms with Gasteiger partial charge >= 0.3 is 6.36 Å². The van der Waals surface area contributed by atoms with Gasteiger partial charge in [0, 0.05) is 12.6 Å². The van der Waals surface area contributed by atoms with Crippen LogP contribution >= 0.6 is 0 Å². The van der Waals surface area contributed by atoms with Crippen molar-refractivity contribution < 1.29 is 22.8 Å². The van der Waals surface area contributed by atoms with E-state index in [0.717, 1.165) is 6.07 Å². The molecule has 0 amide bonds. The molecule has 7 nitrogen and oxygen atoms in total. The number of rotatable bonds is 3. The van der Waals surface area contributed by atoms with E-state index in [1.54, 1.807) is 0 Å². The van der Waals surface area contributed by atoms with Crippen molar-refractivity contribution in [2.45, 2.75) is 12.9 Å². The number of aromatic nitrogens is 1. The molecule has 0 radical (unpaired) electrons. The summed E-state index contributed by atoms with van der Waals surface area (Å²) in [4.78, 5) is 12.9. The predicted molar refractivity (Wildman–Crippen MR) is 49.9 cm³/mol. The summed E-state index contributed by atoms with van der Waals surface area (Å²) in [6.45, 7) is -0.412. The minimum absolute atomic E-state index is 0.344. The Morgan fingerprint density at radius 3 is 2.53 bits per heavy atom. The van der Waals surface area contributed by atoms with Crippen molar-refractivity contribution in [3.63, 3.8) is 0 Å². The van der Waals surface area contributed by atoms with E-state index >= 15 is 0 Å². The van der Waals surface area contributed by atoms with Gasteiger partial charge < -0.3 is 16.2 Å². The van der Waals surface area contributed by atoms with Gasteiger partial charge in [-0.2, -0.15) is 0 Å². The number of alkyl halides is 3. The van der Waals surface area contributed by atoms with E-state index in [9.17, 15) is 23.3 Å². The van der Waals surface area contributed by atoms with Crippen molar-refractivity contribution in [1.82, 2.24) is 4.98 Å². The van der Waals surface area contributed by atoms with Crippen molar-refractivity contribution in [3.05, 3.63) is 21.9 Å². The number of ether oxygens (including phenoxy) is 1. The van der Waals surface area contributed by atoms with Gasteiger partial charge in [-0.25, -0.2) is 4.98 Å². The van der Waals surface area contributed by atoms with Crippen molar-refractivity contribution in [1.29, 1.82) is 0 Å². The summed E-state index contributed by atoms with van der Waals surface area (Å²) in [7, 11) is 0. The lowest BCUT2D eigenvalue weighted by molar-refractivity contribution is -0.385. The third-order valence-corrected chi connectivity index (χ3v) is 1.67. The molecule has 0 saturated heterocycles. The number of hydrogen-bond acceptors (Lipinski definition) is 6. The summed E-state index contributed by atoms with van der Waals surface area (Å²) in [5, 5.41) is 10.5. The summed E-state index contributed by atoms with van der Waals surface area (Å²) in [6.07, 6.45) is -4.98. The lowest BCUT2D eigenvalue weighted by Crippen LogP contribution is -2.20. The highest BCUT2D eigenvalue weighted by molar-refractivity contribution is 5.56. The number of anilines is 1. The number of nitro groups is 1. The Kier molecular flexibility index (Phi) is 3.36. The molecule has 1 aromatic heterocycles. The first-order valence-electron chi connectivity index (χ1n) is 4.14. The first kappa shape index (κ1) is 13.0. The molecule has 0 aliphatic carbocycles. The van der Waals surface area contributed by atoms with E-state index in [1.165, 1.54) is 0 Å². The molecule has 0 unspecified atom stereocenters. The van der Waals surface area contributed by atoms with E-state index in [4.69, 9.17) is 11.5 Å². The van der Waals surface area contributed by atoms with Gasteiger partial charge in [-0.1, -0.05) is 0 Å². The number of halogens is 3. The Morgan fingerprint density at radius 1 is 1.53 bits per heavy atom. The summed E-state index contributed by atoms with van der Waals surface area (Å²) in [5.41, 5.74) is 8.79. The number of pyridine rings is 1. The molecular formula is C7H7F3N4O3. The molecule has 0 saturated carbocycles. The van der Waals surface area contributed by atoms with Crippen LogP contribution in [-0.4, -0.2) is 16.3 Å². The maximum Gasteiger partial charge on any atom is 0.574 e. The molecule has 1 rings (SSSR count). The first-order chi connectivity index (χ1) is 7.74. The van der Waals surface area contributed by atoms with Crippen LogP contribution in [0.4, 0.5) is 24.5 Å². The fourth-order valence-electron chi connectivity index (χ4n) is 1.04. The van der Waals surface area contributed by atoms with Crippen LogP contribution in [0.25, 0.3) is 0 Å². The van der Waals surface area contributed by atoms with Crippen LogP contribution in [0.15, 0.2) is 6.07 Å². The van der Waals surface area contributed by atoms with Gasteiger partial charge in [0.2, 0.25) is 5.88 Å². The fourth-order valence-corrected chi connectivity index (χ4v) is 1.04. The Morgan fingerprint density at radius 2 is 2.12 bits per heavy atom. The largest absolute Gasteiger partial charge is 0.574 e. The Labute approximate surface area is 92.3 Å². The number of nitrogen functional groups attached to an aromatic ring is 1. The summed E-state index contributed by atoms with van der Waals surface area (Å²) >= 11 is 0. The van der Waals surface area contributed by atoms with Crippen molar-refractivity contribution >= 4 is 11.4 Å². The molecule has 0 atom stereocenters. The van der Waals surface area contributed by atoms with Crippen LogP contribution in [0, 0.1) is 10.1 Å². The van der Waals surface area contributed by atoms with Gasteiger partial charge in [-0.15, -0.1) is 13.2 Å². The molecule has 0 bridgehead atoms. The van der Waals surface area contributed by atoms with Gasteiger partial charge in [0.05, 0.1) is 4.92 Å². The smallest absolute Gasteiger partial charge is 0.394 e. The highest BCUT2D eigenvalue weighted by atomic mass is 19.4. The monoisotopic (exact) mass is 252 g/mol. The summed E-state index contributed by atoms with van der Waals surface area (Å²) < 4.78 is 39.3. The second-order valence-electron chi connectivity index (χ2n) is 2.86. The average molecular weight is 252 g/mol. The highest BCUT2D eigenvalue weighted by Crippen LogP contribution is 2.30. The van der Waals surface area contributed by atoms with Crippen molar-refractivity contribution in [2.75, 3.05) is 5.73 Å². The first-order valence-corrected chi connectivity index (χ1v) is 4.14. The molecule has 0 spiro atoms. The summed E-state index contributed by atoms with van der Waals surface area (Å²) in [6, 6.07) is 0.719. The maximum absolute atomic E-state index is 11.9. The van der Waals surface area contributed by atoms with Crippen LogP contribution in [0.2, 0.25) is 0 Å². The minimum Gasteiger partial charge on any atom is -0.394 e. The molecule has 0 aliphatic heterocycles. The van der Waals surface area contributed by atoms with Gasteiger partial charge in [-0.3, -0.25) is 10.1 Å². The second-order valence-corrected chi connectivity index (χ2v) is 2.86. The van der Waals surface area contributed by atoms with Crippen LogP contribution in [-0.2, 0) is 6.54 Å². The zero-order chi connectivity index (χ0) is 13.2. The van der Waals surface area contributed by atoms with Gasteiger partial charge in [-0.05, 0) is 0 Å². The Balaban J connectivity index is 3.23. The lowest BCUT2D eigenvalue weighted by Gasteiger charge is -2.11. The van der Waals surface area contributed by atoms with E-state index in [1.807, 2.05) is 0 Å². The van der Waals surface area contributed by atoms with Crippen LogP contribution in [0.3, 0.4) is 0 Å². The molecule has 0 fully saturated rings. The predicted octanol–water partition coefficient (Wildman–Crippen LogP) is 0.929. The number of hydrogen-bond donors (Lipinski definition) is 2. The lowest BCUT2D eigenvalue weighted by atomic mass is 10.2. The zero-order valence-corrected chi connectivity index (χ0v) is 8.19. The fraction of sp³-hybridized carbons (Fsp3) is 0.286. The van der Waals surface area contributed by atoms with E-state index in [0.29, 0.717) is 0 Å². The molecular weight excluding hydrogens is 245 g/mol.